The monoisotopic (exact) mass is 384 g/mol. The number of benzene rings is 2. The molecule has 0 saturated carbocycles. The van der Waals surface area contributed by atoms with Crippen LogP contribution in [0.3, 0.4) is 0 Å². The molecular formula is C23H29FN2O2. The molecule has 150 valence electrons. The summed E-state index contributed by atoms with van der Waals surface area (Å²) in [6, 6.07) is 13.2. The zero-order chi connectivity index (χ0) is 20.9. The van der Waals surface area contributed by atoms with Gasteiger partial charge in [-0.05, 0) is 51.8 Å². The number of carbonyl (C=O) groups is 2. The maximum atomic E-state index is 14.2. The summed E-state index contributed by atoms with van der Waals surface area (Å²) in [6.07, 6.45) is 0.161. The van der Waals surface area contributed by atoms with Crippen LogP contribution in [0.2, 0.25) is 0 Å². The molecule has 0 radical (unpaired) electrons. The van der Waals surface area contributed by atoms with Crippen molar-refractivity contribution in [3.05, 3.63) is 71.0 Å². The Morgan fingerprint density at radius 1 is 1.04 bits per heavy atom. The van der Waals surface area contributed by atoms with Gasteiger partial charge in [-0.1, -0.05) is 42.5 Å². The number of hydrogen-bond donors (Lipinski definition) is 1. The van der Waals surface area contributed by atoms with Gasteiger partial charge in [0.15, 0.2) is 0 Å². The largest absolute Gasteiger partial charge is 0.350 e. The van der Waals surface area contributed by atoms with E-state index < -0.39 is 11.6 Å². The maximum absolute atomic E-state index is 14.2. The lowest BCUT2D eigenvalue weighted by Gasteiger charge is -2.31. The topological polar surface area (TPSA) is 49.4 Å². The van der Waals surface area contributed by atoms with Gasteiger partial charge in [-0.2, -0.15) is 0 Å². The molecule has 2 aromatic carbocycles. The number of aryl methyl sites for hydroxylation is 1. The second kappa shape index (κ2) is 9.00. The van der Waals surface area contributed by atoms with Crippen LogP contribution in [0.1, 0.15) is 44.4 Å². The number of rotatable bonds is 6. The van der Waals surface area contributed by atoms with Crippen molar-refractivity contribution < 1.29 is 14.0 Å². The molecule has 5 heteroatoms. The lowest BCUT2D eigenvalue weighted by atomic mass is 10.0. The van der Waals surface area contributed by atoms with Gasteiger partial charge in [-0.15, -0.1) is 0 Å². The zero-order valence-electron chi connectivity index (χ0n) is 17.3. The lowest BCUT2D eigenvalue weighted by molar-refractivity contribution is -0.140. The van der Waals surface area contributed by atoms with Gasteiger partial charge in [0.2, 0.25) is 11.8 Å². The molecule has 0 aliphatic carbocycles. The Balaban J connectivity index is 2.29. The number of nitrogens with one attached hydrogen (secondary N) is 1. The van der Waals surface area contributed by atoms with E-state index >= 15 is 0 Å². The Kier molecular flexibility index (Phi) is 6.95. The van der Waals surface area contributed by atoms with Crippen molar-refractivity contribution in [2.75, 3.05) is 0 Å². The highest BCUT2D eigenvalue weighted by molar-refractivity contribution is 5.88. The number of nitrogens with zero attached hydrogens (tertiary/aromatic N) is 1. The molecule has 0 spiro atoms. The van der Waals surface area contributed by atoms with E-state index in [0.717, 1.165) is 11.1 Å². The predicted molar refractivity (Wildman–Crippen MR) is 109 cm³/mol. The lowest BCUT2D eigenvalue weighted by Crippen LogP contribution is -2.52. The summed E-state index contributed by atoms with van der Waals surface area (Å²) in [5, 5.41) is 2.90. The number of carbonyl (C=O) groups excluding carboxylic acids is 2. The van der Waals surface area contributed by atoms with Crippen LogP contribution in [0.25, 0.3) is 0 Å². The summed E-state index contributed by atoms with van der Waals surface area (Å²) >= 11 is 0. The molecule has 0 heterocycles. The van der Waals surface area contributed by atoms with Crippen molar-refractivity contribution in [2.24, 2.45) is 0 Å². The van der Waals surface area contributed by atoms with Crippen molar-refractivity contribution >= 4 is 11.8 Å². The maximum Gasteiger partial charge on any atom is 0.242 e. The van der Waals surface area contributed by atoms with E-state index in [1.54, 1.807) is 25.1 Å². The number of hydrogen-bond acceptors (Lipinski definition) is 2. The Morgan fingerprint density at radius 3 is 2.18 bits per heavy atom. The van der Waals surface area contributed by atoms with E-state index in [0.29, 0.717) is 5.56 Å². The van der Waals surface area contributed by atoms with E-state index in [4.69, 9.17) is 0 Å². The molecule has 0 bridgehead atoms. The molecule has 4 nitrogen and oxygen atoms in total. The molecule has 0 unspecified atom stereocenters. The molecule has 1 atom stereocenters. The van der Waals surface area contributed by atoms with Crippen molar-refractivity contribution in [1.82, 2.24) is 10.2 Å². The molecule has 2 amide bonds. The third-order valence-corrected chi connectivity index (χ3v) is 4.57. The van der Waals surface area contributed by atoms with Gasteiger partial charge < -0.3 is 10.2 Å². The molecule has 28 heavy (non-hydrogen) atoms. The van der Waals surface area contributed by atoms with Crippen LogP contribution in [0.4, 0.5) is 4.39 Å². The van der Waals surface area contributed by atoms with Crippen LogP contribution >= 0.6 is 0 Å². The number of amides is 2. The quantitative estimate of drug-likeness (QED) is 0.818. The van der Waals surface area contributed by atoms with Crippen molar-refractivity contribution in [2.45, 2.75) is 59.2 Å². The van der Waals surface area contributed by atoms with Crippen LogP contribution < -0.4 is 5.32 Å². The summed E-state index contributed by atoms with van der Waals surface area (Å²) in [6.45, 7) is 9.31. The molecule has 1 N–H and O–H groups in total. The smallest absolute Gasteiger partial charge is 0.242 e. The summed E-state index contributed by atoms with van der Waals surface area (Å²) < 4.78 is 14.2. The van der Waals surface area contributed by atoms with Gasteiger partial charge in [-0.25, -0.2) is 4.39 Å². The molecule has 2 rings (SSSR count). The minimum atomic E-state index is -0.727. The summed E-state index contributed by atoms with van der Waals surface area (Å²) in [5.74, 6) is -0.865. The molecule has 2 aromatic rings. The van der Waals surface area contributed by atoms with E-state index in [-0.39, 0.29) is 30.6 Å². The summed E-state index contributed by atoms with van der Waals surface area (Å²) in [4.78, 5) is 27.3. The highest BCUT2D eigenvalue weighted by Crippen LogP contribution is 2.17. The standard InChI is InChI=1S/C23H29FN2O2/c1-16-10-6-7-11-18(16)14-21(27)26(15-19-12-8-9-13-20(19)24)17(2)22(28)25-23(3,4)5/h6-13,17H,14-15H2,1-5H3,(H,25,28)/t17-/m0/s1. The van der Waals surface area contributed by atoms with Crippen LogP contribution in [-0.4, -0.2) is 28.3 Å². The van der Waals surface area contributed by atoms with E-state index in [1.165, 1.54) is 11.0 Å². The molecule has 0 saturated heterocycles. The number of halogens is 1. The van der Waals surface area contributed by atoms with Crippen LogP contribution in [-0.2, 0) is 22.6 Å². The van der Waals surface area contributed by atoms with Gasteiger partial charge in [-0.3, -0.25) is 9.59 Å². The van der Waals surface area contributed by atoms with E-state index in [9.17, 15) is 14.0 Å². The first-order chi connectivity index (χ1) is 13.1. The zero-order valence-corrected chi connectivity index (χ0v) is 17.3. The van der Waals surface area contributed by atoms with Crippen molar-refractivity contribution in [3.8, 4) is 0 Å². The Bertz CT molecular complexity index is 842. The molecule has 0 aliphatic heterocycles. The third-order valence-electron chi connectivity index (χ3n) is 4.57. The van der Waals surface area contributed by atoms with Crippen LogP contribution in [0.15, 0.2) is 48.5 Å². The van der Waals surface area contributed by atoms with E-state index in [1.807, 2.05) is 52.0 Å². The molecule has 0 fully saturated rings. The first kappa shape index (κ1) is 21.6. The van der Waals surface area contributed by atoms with Gasteiger partial charge in [0, 0.05) is 17.6 Å². The van der Waals surface area contributed by atoms with Crippen molar-refractivity contribution in [3.63, 3.8) is 0 Å². The Morgan fingerprint density at radius 2 is 1.61 bits per heavy atom. The van der Waals surface area contributed by atoms with Gasteiger partial charge in [0.1, 0.15) is 11.9 Å². The molecule has 0 aromatic heterocycles. The van der Waals surface area contributed by atoms with Crippen molar-refractivity contribution in [1.29, 1.82) is 0 Å². The second-order valence-corrected chi connectivity index (χ2v) is 8.13. The Labute approximate surface area is 166 Å². The SMILES string of the molecule is Cc1ccccc1CC(=O)N(Cc1ccccc1F)[C@@H](C)C(=O)NC(C)(C)C. The minimum Gasteiger partial charge on any atom is -0.350 e. The fraction of sp³-hybridized carbons (Fsp3) is 0.391. The summed E-state index contributed by atoms with van der Waals surface area (Å²) in [7, 11) is 0. The average molecular weight is 384 g/mol. The summed E-state index contributed by atoms with van der Waals surface area (Å²) in [5.41, 5.74) is 1.87. The average Bonchev–Trinajstić information content (AvgIpc) is 2.61. The fourth-order valence-corrected chi connectivity index (χ4v) is 2.94. The first-order valence-corrected chi connectivity index (χ1v) is 9.48. The van der Waals surface area contributed by atoms with Gasteiger partial charge >= 0.3 is 0 Å². The van der Waals surface area contributed by atoms with Gasteiger partial charge in [0.25, 0.3) is 0 Å². The van der Waals surface area contributed by atoms with Crippen LogP contribution in [0, 0.1) is 12.7 Å². The highest BCUT2D eigenvalue weighted by atomic mass is 19.1. The normalized spacial score (nSPS) is 12.4. The Hall–Kier alpha value is -2.69. The molecular weight excluding hydrogens is 355 g/mol. The van der Waals surface area contributed by atoms with Gasteiger partial charge in [0.05, 0.1) is 6.42 Å². The first-order valence-electron chi connectivity index (χ1n) is 9.48. The predicted octanol–water partition coefficient (Wildman–Crippen LogP) is 4.01. The molecule has 0 aliphatic rings. The minimum absolute atomic E-state index is 0.0378. The van der Waals surface area contributed by atoms with Crippen LogP contribution in [0.5, 0.6) is 0 Å². The van der Waals surface area contributed by atoms with E-state index in [2.05, 4.69) is 5.32 Å². The second-order valence-electron chi connectivity index (χ2n) is 8.13. The highest BCUT2D eigenvalue weighted by Gasteiger charge is 2.29. The fourth-order valence-electron chi connectivity index (χ4n) is 2.94. The third kappa shape index (κ3) is 5.91.